The van der Waals surface area contributed by atoms with Crippen LogP contribution in [0.4, 0.5) is 27.5 Å². The summed E-state index contributed by atoms with van der Waals surface area (Å²) in [7, 11) is 0. The van der Waals surface area contributed by atoms with Crippen LogP contribution in [0, 0.1) is 16.0 Å². The van der Waals surface area contributed by atoms with E-state index in [9.17, 15) is 19.7 Å². The standard InChI is InChI=1S/C20H24N4O5/c1-14(2)13-29-20(26)23-16-7-5-6-15(12-16)22-19(25)10-11-21-17-8-3-4-9-18(17)24(27)28/h3-9,12,14,21H,10-11,13H2,1-2H3,(H,22,25)(H,23,26). The molecular weight excluding hydrogens is 376 g/mol. The Morgan fingerprint density at radius 3 is 2.45 bits per heavy atom. The van der Waals surface area contributed by atoms with Crippen molar-refractivity contribution in [1.29, 1.82) is 0 Å². The van der Waals surface area contributed by atoms with E-state index in [2.05, 4.69) is 16.0 Å². The van der Waals surface area contributed by atoms with Gasteiger partial charge in [0.15, 0.2) is 0 Å². The van der Waals surface area contributed by atoms with Crippen molar-refractivity contribution in [1.82, 2.24) is 0 Å². The van der Waals surface area contributed by atoms with Crippen LogP contribution in [0.15, 0.2) is 48.5 Å². The Morgan fingerprint density at radius 1 is 1.07 bits per heavy atom. The molecule has 0 saturated carbocycles. The summed E-state index contributed by atoms with van der Waals surface area (Å²) in [5, 5.41) is 19.2. The van der Waals surface area contributed by atoms with E-state index < -0.39 is 11.0 Å². The van der Waals surface area contributed by atoms with Crippen LogP contribution < -0.4 is 16.0 Å². The predicted molar refractivity (Wildman–Crippen MR) is 111 cm³/mol. The Bertz CT molecular complexity index is 869. The molecule has 2 amide bonds. The van der Waals surface area contributed by atoms with Gasteiger partial charge >= 0.3 is 6.09 Å². The molecule has 0 aromatic heterocycles. The Morgan fingerprint density at radius 2 is 1.76 bits per heavy atom. The van der Waals surface area contributed by atoms with Crippen LogP contribution in [0.3, 0.4) is 0 Å². The van der Waals surface area contributed by atoms with Gasteiger partial charge in [-0.1, -0.05) is 32.0 Å². The van der Waals surface area contributed by atoms with Crippen LogP contribution in [0.1, 0.15) is 20.3 Å². The van der Waals surface area contributed by atoms with Gasteiger partial charge in [-0.25, -0.2) is 4.79 Å². The second-order valence-electron chi connectivity index (χ2n) is 6.70. The fourth-order valence-corrected chi connectivity index (χ4v) is 2.39. The zero-order valence-corrected chi connectivity index (χ0v) is 16.3. The van der Waals surface area contributed by atoms with Crippen molar-refractivity contribution in [2.75, 3.05) is 29.1 Å². The first kappa shape index (κ1) is 21.7. The molecule has 0 spiro atoms. The summed E-state index contributed by atoms with van der Waals surface area (Å²) in [6.45, 7) is 4.42. The number of para-hydroxylation sites is 2. The topological polar surface area (TPSA) is 123 Å². The van der Waals surface area contributed by atoms with Gasteiger partial charge in [-0.05, 0) is 30.2 Å². The maximum Gasteiger partial charge on any atom is 0.411 e. The van der Waals surface area contributed by atoms with Crippen LogP contribution in [-0.2, 0) is 9.53 Å². The largest absolute Gasteiger partial charge is 0.449 e. The normalized spacial score (nSPS) is 10.3. The van der Waals surface area contributed by atoms with Gasteiger partial charge in [0, 0.05) is 30.4 Å². The number of carbonyl (C=O) groups is 2. The number of rotatable bonds is 9. The maximum absolute atomic E-state index is 12.1. The summed E-state index contributed by atoms with van der Waals surface area (Å²) < 4.78 is 5.06. The highest BCUT2D eigenvalue weighted by Gasteiger charge is 2.12. The highest BCUT2D eigenvalue weighted by Crippen LogP contribution is 2.23. The molecule has 0 fully saturated rings. The van der Waals surface area contributed by atoms with E-state index in [1.807, 2.05) is 13.8 Å². The van der Waals surface area contributed by atoms with Gasteiger partial charge in [0.25, 0.3) is 5.69 Å². The van der Waals surface area contributed by atoms with Crippen molar-refractivity contribution >= 4 is 34.7 Å². The predicted octanol–water partition coefficient (Wildman–Crippen LogP) is 4.24. The molecule has 0 radical (unpaired) electrons. The second-order valence-corrected chi connectivity index (χ2v) is 6.70. The monoisotopic (exact) mass is 400 g/mol. The number of nitrogens with one attached hydrogen (secondary N) is 3. The zero-order chi connectivity index (χ0) is 21.2. The molecule has 0 bridgehead atoms. The molecule has 9 nitrogen and oxygen atoms in total. The van der Waals surface area contributed by atoms with Gasteiger partial charge in [0.1, 0.15) is 5.69 Å². The van der Waals surface area contributed by atoms with E-state index in [0.717, 1.165) is 0 Å². The number of anilines is 3. The van der Waals surface area contributed by atoms with E-state index in [-0.39, 0.29) is 30.5 Å². The molecule has 0 atom stereocenters. The maximum atomic E-state index is 12.1. The lowest BCUT2D eigenvalue weighted by Gasteiger charge is -2.11. The van der Waals surface area contributed by atoms with Crippen LogP contribution in [0.2, 0.25) is 0 Å². The molecule has 2 aromatic rings. The number of hydrogen-bond donors (Lipinski definition) is 3. The number of nitro benzene ring substituents is 1. The molecular formula is C20H24N4O5. The van der Waals surface area contributed by atoms with E-state index >= 15 is 0 Å². The molecule has 0 heterocycles. The lowest BCUT2D eigenvalue weighted by Crippen LogP contribution is -2.18. The minimum Gasteiger partial charge on any atom is -0.449 e. The summed E-state index contributed by atoms with van der Waals surface area (Å²) >= 11 is 0. The molecule has 154 valence electrons. The lowest BCUT2D eigenvalue weighted by atomic mass is 10.2. The summed E-state index contributed by atoms with van der Waals surface area (Å²) in [6.07, 6.45) is -0.448. The zero-order valence-electron chi connectivity index (χ0n) is 16.3. The fraction of sp³-hybridized carbons (Fsp3) is 0.300. The minimum absolute atomic E-state index is 0.0453. The minimum atomic E-state index is -0.559. The Hall–Kier alpha value is -3.62. The van der Waals surface area contributed by atoms with Crippen LogP contribution in [0.25, 0.3) is 0 Å². The SMILES string of the molecule is CC(C)COC(=O)Nc1cccc(NC(=O)CCNc2ccccc2[N+](=O)[O-])c1. The molecule has 0 aliphatic rings. The van der Waals surface area contributed by atoms with Crippen molar-refractivity contribution in [3.63, 3.8) is 0 Å². The third-order valence-corrected chi connectivity index (χ3v) is 3.71. The molecule has 2 aromatic carbocycles. The molecule has 0 unspecified atom stereocenters. The van der Waals surface area contributed by atoms with Crippen molar-refractivity contribution in [2.24, 2.45) is 5.92 Å². The molecule has 0 aliphatic carbocycles. The quantitative estimate of drug-likeness (QED) is 0.427. The van der Waals surface area contributed by atoms with E-state index in [4.69, 9.17) is 4.74 Å². The fourth-order valence-electron chi connectivity index (χ4n) is 2.39. The van der Waals surface area contributed by atoms with Crippen molar-refractivity contribution in [3.8, 4) is 0 Å². The average molecular weight is 400 g/mol. The van der Waals surface area contributed by atoms with Gasteiger partial charge in [0.05, 0.1) is 11.5 Å². The number of amides is 2. The number of hydrogen-bond acceptors (Lipinski definition) is 6. The first-order valence-electron chi connectivity index (χ1n) is 9.16. The van der Waals surface area contributed by atoms with E-state index in [1.54, 1.807) is 42.5 Å². The highest BCUT2D eigenvalue weighted by molar-refractivity contribution is 5.92. The number of benzene rings is 2. The first-order valence-corrected chi connectivity index (χ1v) is 9.16. The Balaban J connectivity index is 1.83. The third-order valence-electron chi connectivity index (χ3n) is 3.71. The van der Waals surface area contributed by atoms with Gasteiger partial charge in [-0.15, -0.1) is 0 Å². The van der Waals surface area contributed by atoms with Crippen molar-refractivity contribution < 1.29 is 19.2 Å². The molecule has 0 aliphatic heterocycles. The van der Waals surface area contributed by atoms with Crippen molar-refractivity contribution in [3.05, 3.63) is 58.6 Å². The third kappa shape index (κ3) is 7.49. The highest BCUT2D eigenvalue weighted by atomic mass is 16.6. The summed E-state index contributed by atoms with van der Waals surface area (Å²) in [4.78, 5) is 34.4. The summed E-state index contributed by atoms with van der Waals surface area (Å²) in [5.41, 5.74) is 1.32. The molecule has 9 heteroatoms. The second kappa shape index (κ2) is 10.6. The summed E-state index contributed by atoms with van der Waals surface area (Å²) in [6, 6.07) is 12.9. The number of nitrogens with zero attached hydrogens (tertiary/aromatic N) is 1. The van der Waals surface area contributed by atoms with Crippen LogP contribution >= 0.6 is 0 Å². The van der Waals surface area contributed by atoms with Crippen LogP contribution in [0.5, 0.6) is 0 Å². The molecule has 0 saturated heterocycles. The number of carbonyl (C=O) groups excluding carboxylic acids is 2. The van der Waals surface area contributed by atoms with Crippen LogP contribution in [-0.4, -0.2) is 30.1 Å². The molecule has 3 N–H and O–H groups in total. The number of nitro groups is 1. The van der Waals surface area contributed by atoms with Gasteiger partial charge < -0.3 is 15.4 Å². The van der Waals surface area contributed by atoms with E-state index in [1.165, 1.54) is 6.07 Å². The van der Waals surface area contributed by atoms with E-state index in [0.29, 0.717) is 23.7 Å². The van der Waals surface area contributed by atoms with Gasteiger partial charge in [0.2, 0.25) is 5.91 Å². The molecule has 2 rings (SSSR count). The number of ether oxygens (including phenoxy) is 1. The van der Waals surface area contributed by atoms with Gasteiger partial charge in [-0.2, -0.15) is 0 Å². The Kier molecular flexibility index (Phi) is 7.96. The average Bonchev–Trinajstić information content (AvgIpc) is 2.67. The summed E-state index contributed by atoms with van der Waals surface area (Å²) in [5.74, 6) is -0.0343. The van der Waals surface area contributed by atoms with Gasteiger partial charge in [-0.3, -0.25) is 20.2 Å². The first-order chi connectivity index (χ1) is 13.8. The smallest absolute Gasteiger partial charge is 0.411 e. The van der Waals surface area contributed by atoms with Crippen molar-refractivity contribution in [2.45, 2.75) is 20.3 Å². The molecule has 29 heavy (non-hydrogen) atoms. The lowest BCUT2D eigenvalue weighted by molar-refractivity contribution is -0.384. The Labute approximate surface area is 168 Å².